The van der Waals surface area contributed by atoms with Crippen LogP contribution in [-0.4, -0.2) is 41.3 Å². The summed E-state index contributed by atoms with van der Waals surface area (Å²) >= 11 is 3.41. The maximum atomic E-state index is 12.4. The van der Waals surface area contributed by atoms with Gasteiger partial charge in [-0.15, -0.1) is 0 Å². The standard InChI is InChI=1S/C10H21BrNO3P/c1-8(2)14-16(13,15-9(3)4)7-12-6-10(12)5-11/h8-10H,5-7H2,1-4H3. The van der Waals surface area contributed by atoms with Gasteiger partial charge in [-0.05, 0) is 27.7 Å². The van der Waals surface area contributed by atoms with Gasteiger partial charge in [0.05, 0.1) is 12.2 Å². The molecule has 4 nitrogen and oxygen atoms in total. The molecule has 1 aliphatic heterocycles. The summed E-state index contributed by atoms with van der Waals surface area (Å²) in [5.74, 6) is 0. The third kappa shape index (κ3) is 4.84. The molecule has 1 heterocycles. The fraction of sp³-hybridized carbons (Fsp3) is 1.00. The summed E-state index contributed by atoms with van der Waals surface area (Å²) in [4.78, 5) is 2.11. The van der Waals surface area contributed by atoms with Crippen LogP contribution in [-0.2, 0) is 13.6 Å². The quantitative estimate of drug-likeness (QED) is 0.411. The van der Waals surface area contributed by atoms with Crippen molar-refractivity contribution >= 4 is 23.5 Å². The molecule has 16 heavy (non-hydrogen) atoms. The summed E-state index contributed by atoms with van der Waals surface area (Å²) in [6.45, 7) is 8.47. The van der Waals surface area contributed by atoms with Gasteiger partial charge in [0.15, 0.2) is 0 Å². The predicted molar refractivity (Wildman–Crippen MR) is 69.2 cm³/mol. The zero-order valence-corrected chi connectivity index (χ0v) is 12.8. The number of nitrogens with zero attached hydrogens (tertiary/aromatic N) is 1. The third-order valence-electron chi connectivity index (χ3n) is 2.10. The highest BCUT2D eigenvalue weighted by atomic mass is 79.9. The number of hydrogen-bond donors (Lipinski definition) is 0. The molecule has 0 bridgehead atoms. The Morgan fingerprint density at radius 3 is 2.12 bits per heavy atom. The van der Waals surface area contributed by atoms with Crippen molar-refractivity contribution in [2.75, 3.05) is 18.2 Å². The van der Waals surface area contributed by atoms with E-state index in [1.165, 1.54) is 0 Å². The molecular weight excluding hydrogens is 293 g/mol. The highest BCUT2D eigenvalue weighted by molar-refractivity contribution is 9.09. The molecule has 1 saturated heterocycles. The number of rotatable bonds is 7. The molecule has 1 fully saturated rings. The highest BCUT2D eigenvalue weighted by Crippen LogP contribution is 2.52. The number of alkyl halides is 1. The topological polar surface area (TPSA) is 38.5 Å². The molecular formula is C10H21BrNO3P. The monoisotopic (exact) mass is 313 g/mol. The van der Waals surface area contributed by atoms with E-state index in [0.29, 0.717) is 12.3 Å². The second-order valence-corrected chi connectivity index (χ2v) is 7.21. The van der Waals surface area contributed by atoms with E-state index in [2.05, 4.69) is 20.8 Å². The Bertz CT molecular complexity index is 259. The summed E-state index contributed by atoms with van der Waals surface area (Å²) in [6.07, 6.45) is 0.249. The first-order chi connectivity index (χ1) is 7.36. The summed E-state index contributed by atoms with van der Waals surface area (Å²) in [6, 6.07) is 0.486. The van der Waals surface area contributed by atoms with Crippen molar-refractivity contribution in [2.24, 2.45) is 0 Å². The predicted octanol–water partition coefficient (Wildman–Crippen LogP) is 3.07. The van der Waals surface area contributed by atoms with Crippen molar-refractivity contribution < 1.29 is 13.6 Å². The molecule has 2 atom stereocenters. The van der Waals surface area contributed by atoms with Crippen LogP contribution in [0.3, 0.4) is 0 Å². The lowest BCUT2D eigenvalue weighted by Gasteiger charge is -2.23. The molecule has 0 spiro atoms. The van der Waals surface area contributed by atoms with E-state index in [1.54, 1.807) is 0 Å². The summed E-state index contributed by atoms with van der Waals surface area (Å²) in [5, 5.41) is 0.913. The van der Waals surface area contributed by atoms with Gasteiger partial charge in [0, 0.05) is 17.9 Å². The molecule has 1 rings (SSSR count). The molecule has 2 unspecified atom stereocenters. The minimum absolute atomic E-state index is 0.0769. The van der Waals surface area contributed by atoms with E-state index in [9.17, 15) is 4.57 Å². The summed E-state index contributed by atoms with van der Waals surface area (Å²) < 4.78 is 23.4. The first-order valence-electron chi connectivity index (χ1n) is 5.62. The maximum Gasteiger partial charge on any atom is 0.345 e. The van der Waals surface area contributed by atoms with Gasteiger partial charge in [-0.3, -0.25) is 9.46 Å². The lowest BCUT2D eigenvalue weighted by molar-refractivity contribution is 0.138. The lowest BCUT2D eigenvalue weighted by atomic mass is 10.5. The molecule has 96 valence electrons. The Morgan fingerprint density at radius 1 is 1.31 bits per heavy atom. The van der Waals surface area contributed by atoms with Crippen LogP contribution in [0, 0.1) is 0 Å². The second-order valence-electron chi connectivity index (χ2n) is 4.64. The van der Waals surface area contributed by atoms with E-state index in [4.69, 9.17) is 9.05 Å². The molecule has 0 saturated carbocycles. The van der Waals surface area contributed by atoms with Crippen molar-refractivity contribution in [3.8, 4) is 0 Å². The normalized spacial score (nSPS) is 25.4. The van der Waals surface area contributed by atoms with Crippen molar-refractivity contribution in [2.45, 2.75) is 45.9 Å². The Balaban J connectivity index is 2.53. The fourth-order valence-corrected chi connectivity index (χ4v) is 4.37. The maximum absolute atomic E-state index is 12.4. The van der Waals surface area contributed by atoms with Gasteiger partial charge in [-0.1, -0.05) is 15.9 Å². The average Bonchev–Trinajstić information content (AvgIpc) is 2.78. The van der Waals surface area contributed by atoms with E-state index in [-0.39, 0.29) is 12.2 Å². The zero-order chi connectivity index (χ0) is 12.3. The Morgan fingerprint density at radius 2 is 1.81 bits per heavy atom. The molecule has 0 aromatic heterocycles. The van der Waals surface area contributed by atoms with E-state index in [1.807, 2.05) is 27.7 Å². The second kappa shape index (κ2) is 5.96. The summed E-state index contributed by atoms with van der Waals surface area (Å²) in [5.41, 5.74) is 0. The van der Waals surface area contributed by atoms with Crippen molar-refractivity contribution in [1.29, 1.82) is 0 Å². The molecule has 0 aromatic rings. The van der Waals surface area contributed by atoms with E-state index in [0.717, 1.165) is 11.9 Å². The van der Waals surface area contributed by atoms with Crippen LogP contribution in [0.2, 0.25) is 0 Å². The SMILES string of the molecule is CC(C)OP(=O)(CN1CC1CBr)OC(C)C. The van der Waals surface area contributed by atoms with Gasteiger partial charge in [0.1, 0.15) is 6.29 Å². The minimum Gasteiger partial charge on any atom is -0.305 e. The Labute approximate surface area is 106 Å². The molecule has 6 heteroatoms. The van der Waals surface area contributed by atoms with Crippen molar-refractivity contribution in [1.82, 2.24) is 4.90 Å². The number of halogens is 1. The summed E-state index contributed by atoms with van der Waals surface area (Å²) in [7, 11) is -2.97. The zero-order valence-electron chi connectivity index (χ0n) is 10.4. The highest BCUT2D eigenvalue weighted by Gasteiger charge is 2.40. The Kier molecular flexibility index (Phi) is 5.46. The van der Waals surface area contributed by atoms with Gasteiger partial charge in [0.25, 0.3) is 0 Å². The molecule has 0 N–H and O–H groups in total. The smallest absolute Gasteiger partial charge is 0.305 e. The van der Waals surface area contributed by atoms with Gasteiger partial charge in [-0.2, -0.15) is 0 Å². The van der Waals surface area contributed by atoms with E-state index < -0.39 is 7.60 Å². The lowest BCUT2D eigenvalue weighted by Crippen LogP contribution is -2.15. The fourth-order valence-electron chi connectivity index (χ4n) is 1.50. The average molecular weight is 314 g/mol. The van der Waals surface area contributed by atoms with Crippen LogP contribution in [0.1, 0.15) is 27.7 Å². The molecule has 0 aliphatic carbocycles. The third-order valence-corrected chi connectivity index (χ3v) is 5.05. The Hall–Kier alpha value is 0.590. The van der Waals surface area contributed by atoms with Crippen LogP contribution in [0.25, 0.3) is 0 Å². The van der Waals surface area contributed by atoms with Gasteiger partial charge in [-0.25, -0.2) is 0 Å². The van der Waals surface area contributed by atoms with E-state index >= 15 is 0 Å². The van der Waals surface area contributed by atoms with Crippen LogP contribution < -0.4 is 0 Å². The molecule has 0 amide bonds. The number of hydrogen-bond acceptors (Lipinski definition) is 4. The van der Waals surface area contributed by atoms with Gasteiger partial charge in [0.2, 0.25) is 0 Å². The van der Waals surface area contributed by atoms with Crippen LogP contribution in [0.15, 0.2) is 0 Å². The van der Waals surface area contributed by atoms with Crippen LogP contribution >= 0.6 is 23.5 Å². The molecule has 0 aromatic carbocycles. The van der Waals surface area contributed by atoms with Crippen molar-refractivity contribution in [3.63, 3.8) is 0 Å². The van der Waals surface area contributed by atoms with Gasteiger partial charge < -0.3 is 9.05 Å². The van der Waals surface area contributed by atoms with Crippen molar-refractivity contribution in [3.05, 3.63) is 0 Å². The molecule has 1 aliphatic rings. The molecule has 0 radical (unpaired) electrons. The largest absolute Gasteiger partial charge is 0.345 e. The van der Waals surface area contributed by atoms with Crippen LogP contribution in [0.5, 0.6) is 0 Å². The van der Waals surface area contributed by atoms with Crippen LogP contribution in [0.4, 0.5) is 0 Å². The minimum atomic E-state index is -2.97. The first-order valence-corrected chi connectivity index (χ1v) is 8.47. The van der Waals surface area contributed by atoms with Gasteiger partial charge >= 0.3 is 7.60 Å². The first kappa shape index (κ1) is 14.7.